The van der Waals surface area contributed by atoms with Crippen LogP contribution in [0.15, 0.2) is 36.0 Å². The highest BCUT2D eigenvalue weighted by Crippen LogP contribution is 2.64. The van der Waals surface area contributed by atoms with Crippen molar-refractivity contribution in [3.05, 3.63) is 36.0 Å². The summed E-state index contributed by atoms with van der Waals surface area (Å²) in [4.78, 5) is 24.2. The summed E-state index contributed by atoms with van der Waals surface area (Å²) in [5.41, 5.74) is 2.09. The van der Waals surface area contributed by atoms with Gasteiger partial charge in [-0.05, 0) is 61.2 Å². The zero-order chi connectivity index (χ0) is 15.7. The average molecular weight is 296 g/mol. The second-order valence-corrected chi connectivity index (χ2v) is 8.18. The minimum Gasteiger partial charge on any atom is -0.299 e. The number of allylic oxidation sites excluding steroid dienone is 5. The highest BCUT2D eigenvalue weighted by molar-refractivity contribution is 6.02. The van der Waals surface area contributed by atoms with Crippen molar-refractivity contribution >= 4 is 11.6 Å². The SMILES string of the molecule is C=C1C[C@H]2[C@@H](CC[C@]3(C)C(=O)CC[C@H]23)[C@@]2(C)C=CC(=O)C=C12. The van der Waals surface area contributed by atoms with Gasteiger partial charge in [-0.15, -0.1) is 0 Å². The van der Waals surface area contributed by atoms with Crippen LogP contribution in [0.4, 0.5) is 0 Å². The van der Waals surface area contributed by atoms with Crippen LogP contribution < -0.4 is 0 Å². The van der Waals surface area contributed by atoms with Gasteiger partial charge in [0, 0.05) is 17.3 Å². The molecule has 0 N–H and O–H groups in total. The monoisotopic (exact) mass is 296 g/mol. The van der Waals surface area contributed by atoms with Crippen molar-refractivity contribution in [2.45, 2.75) is 46.0 Å². The van der Waals surface area contributed by atoms with Crippen molar-refractivity contribution in [2.24, 2.45) is 28.6 Å². The van der Waals surface area contributed by atoms with Crippen molar-refractivity contribution in [1.29, 1.82) is 0 Å². The summed E-state index contributed by atoms with van der Waals surface area (Å²) in [6, 6.07) is 0. The molecule has 3 fully saturated rings. The van der Waals surface area contributed by atoms with E-state index in [1.54, 1.807) is 12.2 Å². The zero-order valence-electron chi connectivity index (χ0n) is 13.5. The standard InChI is InChI=1S/C20H24O2/c1-12-10-14-15-4-5-18(22)20(15,3)9-7-16(14)19(2)8-6-13(21)11-17(12)19/h6,8,11,14-16H,1,4-5,7,9-10H2,2-3H3/t14-,15-,16-,19-,20+/m1/s1. The molecule has 0 spiro atoms. The first-order chi connectivity index (χ1) is 10.4. The molecule has 0 saturated heterocycles. The van der Waals surface area contributed by atoms with Crippen molar-refractivity contribution in [3.8, 4) is 0 Å². The summed E-state index contributed by atoms with van der Waals surface area (Å²) in [6.45, 7) is 8.75. The number of fused-ring (bicyclic) bond motifs is 5. The molecule has 0 heterocycles. The van der Waals surface area contributed by atoms with E-state index in [1.807, 2.05) is 0 Å². The summed E-state index contributed by atoms with van der Waals surface area (Å²) in [7, 11) is 0. The lowest BCUT2D eigenvalue weighted by Crippen LogP contribution is -2.50. The molecule has 0 aromatic rings. The van der Waals surface area contributed by atoms with Crippen molar-refractivity contribution in [3.63, 3.8) is 0 Å². The summed E-state index contributed by atoms with van der Waals surface area (Å²) in [5, 5.41) is 0. The maximum atomic E-state index is 12.4. The summed E-state index contributed by atoms with van der Waals surface area (Å²) >= 11 is 0. The fourth-order valence-corrected chi connectivity index (χ4v) is 5.98. The number of carbonyl (C=O) groups is 2. The molecule has 0 amide bonds. The van der Waals surface area contributed by atoms with E-state index in [-0.39, 0.29) is 16.6 Å². The van der Waals surface area contributed by atoms with E-state index in [2.05, 4.69) is 26.5 Å². The van der Waals surface area contributed by atoms with Crippen LogP contribution in [0.3, 0.4) is 0 Å². The van der Waals surface area contributed by atoms with E-state index >= 15 is 0 Å². The average Bonchev–Trinajstić information content (AvgIpc) is 2.77. The lowest BCUT2D eigenvalue weighted by Gasteiger charge is -2.56. The number of ketones is 2. The molecule has 22 heavy (non-hydrogen) atoms. The number of hydrogen-bond acceptors (Lipinski definition) is 2. The first kappa shape index (κ1) is 14.2. The fourth-order valence-electron chi connectivity index (χ4n) is 5.98. The minimum atomic E-state index is -0.104. The van der Waals surface area contributed by atoms with Gasteiger partial charge in [-0.25, -0.2) is 0 Å². The maximum Gasteiger partial charge on any atom is 0.178 e. The third-order valence-corrected chi connectivity index (χ3v) is 7.24. The van der Waals surface area contributed by atoms with E-state index < -0.39 is 0 Å². The van der Waals surface area contributed by atoms with Crippen LogP contribution >= 0.6 is 0 Å². The molecule has 2 heteroatoms. The van der Waals surface area contributed by atoms with E-state index in [4.69, 9.17) is 0 Å². The van der Waals surface area contributed by atoms with Gasteiger partial charge in [0.15, 0.2) is 5.78 Å². The van der Waals surface area contributed by atoms with Gasteiger partial charge in [0.1, 0.15) is 5.78 Å². The molecule has 4 aliphatic carbocycles. The Morgan fingerprint density at radius 2 is 1.95 bits per heavy atom. The van der Waals surface area contributed by atoms with Crippen molar-refractivity contribution < 1.29 is 9.59 Å². The molecule has 4 rings (SSSR count). The molecule has 0 bridgehead atoms. The first-order valence-corrected chi connectivity index (χ1v) is 8.53. The van der Waals surface area contributed by atoms with Gasteiger partial charge in [0.25, 0.3) is 0 Å². The minimum absolute atomic E-state index is 0.0686. The Kier molecular flexibility index (Phi) is 2.77. The molecular weight excluding hydrogens is 272 g/mol. The van der Waals surface area contributed by atoms with E-state index in [0.717, 1.165) is 43.3 Å². The van der Waals surface area contributed by atoms with Crippen LogP contribution in [-0.4, -0.2) is 11.6 Å². The van der Waals surface area contributed by atoms with Crippen LogP contribution in [0.1, 0.15) is 46.0 Å². The summed E-state index contributed by atoms with van der Waals surface area (Å²) in [5.74, 6) is 2.14. The highest BCUT2D eigenvalue weighted by atomic mass is 16.1. The quantitative estimate of drug-likeness (QED) is 0.676. The van der Waals surface area contributed by atoms with Gasteiger partial charge in [-0.3, -0.25) is 9.59 Å². The number of hydrogen-bond donors (Lipinski definition) is 0. The molecule has 2 nitrogen and oxygen atoms in total. The third-order valence-electron chi connectivity index (χ3n) is 7.24. The van der Waals surface area contributed by atoms with E-state index in [9.17, 15) is 9.59 Å². The molecule has 0 aromatic carbocycles. The Morgan fingerprint density at radius 3 is 2.73 bits per heavy atom. The molecule has 0 unspecified atom stereocenters. The van der Waals surface area contributed by atoms with Crippen molar-refractivity contribution in [1.82, 2.24) is 0 Å². The van der Waals surface area contributed by atoms with E-state index in [1.165, 1.54) is 0 Å². The Morgan fingerprint density at radius 1 is 1.18 bits per heavy atom. The van der Waals surface area contributed by atoms with Crippen LogP contribution in [0.25, 0.3) is 0 Å². The van der Waals surface area contributed by atoms with Crippen LogP contribution in [0.5, 0.6) is 0 Å². The normalized spacial score (nSPS) is 46.9. The second-order valence-electron chi connectivity index (χ2n) is 8.18. The van der Waals surface area contributed by atoms with Gasteiger partial charge in [-0.1, -0.05) is 32.1 Å². The number of rotatable bonds is 0. The maximum absolute atomic E-state index is 12.4. The van der Waals surface area contributed by atoms with Crippen LogP contribution in [0, 0.1) is 28.6 Å². The van der Waals surface area contributed by atoms with E-state index in [0.29, 0.717) is 23.5 Å². The molecule has 116 valence electrons. The number of carbonyl (C=O) groups excluding carboxylic acids is 2. The lowest BCUT2D eigenvalue weighted by atomic mass is 9.48. The first-order valence-electron chi connectivity index (χ1n) is 8.53. The Balaban J connectivity index is 1.78. The smallest absolute Gasteiger partial charge is 0.178 e. The van der Waals surface area contributed by atoms with Crippen LogP contribution in [0.2, 0.25) is 0 Å². The Bertz CT molecular complexity index is 653. The Labute approximate surface area is 132 Å². The largest absolute Gasteiger partial charge is 0.299 e. The molecule has 3 saturated carbocycles. The summed E-state index contributed by atoms with van der Waals surface area (Å²) < 4.78 is 0. The number of Topliss-reactive ketones (excluding diaryl/α,β-unsaturated/α-hetero) is 1. The second kappa shape index (κ2) is 4.31. The fraction of sp³-hybridized carbons (Fsp3) is 0.600. The molecule has 4 aliphatic rings. The molecular formula is C20H24O2. The van der Waals surface area contributed by atoms with Gasteiger partial charge >= 0.3 is 0 Å². The zero-order valence-corrected chi connectivity index (χ0v) is 13.5. The molecule has 0 aromatic heterocycles. The molecule has 5 atom stereocenters. The Hall–Kier alpha value is -1.44. The molecule has 0 radical (unpaired) electrons. The lowest BCUT2D eigenvalue weighted by molar-refractivity contribution is -0.131. The van der Waals surface area contributed by atoms with Gasteiger partial charge < -0.3 is 0 Å². The van der Waals surface area contributed by atoms with Gasteiger partial charge in [0.05, 0.1) is 0 Å². The predicted molar refractivity (Wildman–Crippen MR) is 86.1 cm³/mol. The van der Waals surface area contributed by atoms with Crippen LogP contribution in [-0.2, 0) is 9.59 Å². The third kappa shape index (κ3) is 1.61. The van der Waals surface area contributed by atoms with Crippen molar-refractivity contribution in [2.75, 3.05) is 0 Å². The topological polar surface area (TPSA) is 34.1 Å². The summed E-state index contributed by atoms with van der Waals surface area (Å²) in [6.07, 6.45) is 10.5. The van der Waals surface area contributed by atoms with Gasteiger partial charge in [-0.2, -0.15) is 0 Å². The predicted octanol–water partition coefficient (Wildman–Crippen LogP) is 4.03. The molecule has 0 aliphatic heterocycles. The highest BCUT2D eigenvalue weighted by Gasteiger charge is 2.59. The van der Waals surface area contributed by atoms with Gasteiger partial charge in [0.2, 0.25) is 0 Å².